The van der Waals surface area contributed by atoms with Gasteiger partial charge in [-0.2, -0.15) is 0 Å². The van der Waals surface area contributed by atoms with Crippen molar-refractivity contribution >= 4 is 17.5 Å². The van der Waals surface area contributed by atoms with Crippen molar-refractivity contribution < 1.29 is 45.3 Å². The first-order valence-corrected chi connectivity index (χ1v) is 7.56. The molecule has 1 amide bonds. The lowest BCUT2D eigenvalue weighted by atomic mass is 10.1. The number of primary amides is 1. The van der Waals surface area contributed by atoms with Crippen molar-refractivity contribution in [1.29, 1.82) is 0 Å². The van der Waals surface area contributed by atoms with Crippen LogP contribution in [-0.2, 0) is 0 Å². The van der Waals surface area contributed by atoms with Crippen molar-refractivity contribution in [2.45, 2.75) is 19.6 Å². The van der Waals surface area contributed by atoms with Gasteiger partial charge >= 0.3 is 12.7 Å². The van der Waals surface area contributed by atoms with E-state index in [0.29, 0.717) is 0 Å². The number of carbonyl (C=O) groups is 1. The molecule has 28 heavy (non-hydrogen) atoms. The number of halogens is 7. The van der Waals surface area contributed by atoms with E-state index < -0.39 is 35.9 Å². The second-order valence-electron chi connectivity index (χ2n) is 5.27. The zero-order valence-corrected chi connectivity index (χ0v) is 14.5. The van der Waals surface area contributed by atoms with Crippen LogP contribution in [0.2, 0.25) is 5.02 Å². The minimum Gasteiger partial charge on any atom is -0.455 e. The summed E-state index contributed by atoms with van der Waals surface area (Å²) in [6.07, 6.45) is -9.96. The molecule has 0 radical (unpaired) electrons. The maximum atomic E-state index is 12.5. The number of hydrogen-bond acceptors (Lipinski definition) is 4. The third kappa shape index (κ3) is 5.84. The molecule has 0 atom stereocenters. The zero-order chi connectivity index (χ0) is 21.3. The highest BCUT2D eigenvalue weighted by Crippen LogP contribution is 2.38. The molecular formula is C16H10ClF6NO4. The van der Waals surface area contributed by atoms with Crippen molar-refractivity contribution in [3.8, 4) is 23.0 Å². The minimum atomic E-state index is -5.01. The number of carbonyl (C=O) groups excluding carboxylic acids is 1. The lowest BCUT2D eigenvalue weighted by Gasteiger charge is -2.16. The Labute approximate surface area is 158 Å². The molecule has 0 bridgehead atoms. The van der Waals surface area contributed by atoms with Crippen LogP contribution in [0.15, 0.2) is 30.3 Å². The van der Waals surface area contributed by atoms with E-state index in [-0.39, 0.29) is 21.9 Å². The molecule has 0 aliphatic rings. The molecule has 5 nitrogen and oxygen atoms in total. The van der Waals surface area contributed by atoms with Gasteiger partial charge in [0.2, 0.25) is 0 Å². The van der Waals surface area contributed by atoms with Crippen molar-refractivity contribution in [3.63, 3.8) is 0 Å². The number of alkyl halides is 6. The summed E-state index contributed by atoms with van der Waals surface area (Å²) < 4.78 is 86.8. The predicted molar refractivity (Wildman–Crippen MR) is 84.6 cm³/mol. The first-order chi connectivity index (χ1) is 12.7. The fourth-order valence-corrected chi connectivity index (χ4v) is 2.40. The van der Waals surface area contributed by atoms with Gasteiger partial charge in [0.15, 0.2) is 0 Å². The SMILES string of the molecule is Cc1cc(OC(F)(F)F)cc(Oc2ccc(OC(F)(F)F)cc2Cl)c1C(N)=O. The Bertz CT molecular complexity index is 898. The lowest BCUT2D eigenvalue weighted by Crippen LogP contribution is -2.18. The van der Waals surface area contributed by atoms with Crippen molar-refractivity contribution in [1.82, 2.24) is 0 Å². The number of rotatable bonds is 5. The lowest BCUT2D eigenvalue weighted by molar-refractivity contribution is -0.275. The fourth-order valence-electron chi connectivity index (χ4n) is 2.19. The van der Waals surface area contributed by atoms with Gasteiger partial charge in [0.05, 0.1) is 10.6 Å². The molecule has 0 aliphatic carbocycles. The average molecular weight is 430 g/mol. The molecule has 0 aromatic heterocycles. The van der Waals surface area contributed by atoms with Crippen LogP contribution in [0.25, 0.3) is 0 Å². The molecule has 152 valence electrons. The van der Waals surface area contributed by atoms with Gasteiger partial charge in [-0.1, -0.05) is 11.6 Å². The zero-order valence-electron chi connectivity index (χ0n) is 13.7. The van der Waals surface area contributed by atoms with Crippen LogP contribution in [0.4, 0.5) is 26.3 Å². The first kappa shape index (κ1) is 21.5. The Morgan fingerprint density at radius 3 is 2.00 bits per heavy atom. The number of benzene rings is 2. The van der Waals surface area contributed by atoms with Crippen LogP contribution in [-0.4, -0.2) is 18.6 Å². The van der Waals surface area contributed by atoms with Crippen LogP contribution in [0.5, 0.6) is 23.0 Å². The topological polar surface area (TPSA) is 70.8 Å². The largest absolute Gasteiger partial charge is 0.573 e. The van der Waals surface area contributed by atoms with E-state index in [1.807, 2.05) is 0 Å². The van der Waals surface area contributed by atoms with Crippen LogP contribution in [0.1, 0.15) is 15.9 Å². The van der Waals surface area contributed by atoms with Crippen molar-refractivity contribution in [3.05, 3.63) is 46.5 Å². The van der Waals surface area contributed by atoms with Gasteiger partial charge in [0, 0.05) is 12.1 Å². The van der Waals surface area contributed by atoms with E-state index >= 15 is 0 Å². The quantitative estimate of drug-likeness (QED) is 0.652. The van der Waals surface area contributed by atoms with Gasteiger partial charge in [-0.15, -0.1) is 26.3 Å². The highest BCUT2D eigenvalue weighted by molar-refractivity contribution is 6.32. The number of nitrogens with two attached hydrogens (primary N) is 1. The van der Waals surface area contributed by atoms with Crippen LogP contribution in [0.3, 0.4) is 0 Å². The highest BCUT2D eigenvalue weighted by atomic mass is 35.5. The highest BCUT2D eigenvalue weighted by Gasteiger charge is 2.33. The molecule has 0 aliphatic heterocycles. The molecule has 2 N–H and O–H groups in total. The van der Waals surface area contributed by atoms with Gasteiger partial charge in [-0.05, 0) is 30.7 Å². The summed E-state index contributed by atoms with van der Waals surface area (Å²) >= 11 is 5.83. The van der Waals surface area contributed by atoms with E-state index in [1.54, 1.807) is 0 Å². The van der Waals surface area contributed by atoms with Gasteiger partial charge in [-0.3, -0.25) is 4.79 Å². The van der Waals surface area contributed by atoms with Gasteiger partial charge in [-0.25, -0.2) is 0 Å². The Balaban J connectivity index is 2.42. The summed E-state index contributed by atoms with van der Waals surface area (Å²) in [5.41, 5.74) is 4.97. The van der Waals surface area contributed by atoms with E-state index in [1.165, 1.54) is 6.92 Å². The average Bonchev–Trinajstić information content (AvgIpc) is 2.45. The molecule has 0 saturated heterocycles. The van der Waals surface area contributed by atoms with E-state index in [0.717, 1.165) is 30.3 Å². The van der Waals surface area contributed by atoms with Gasteiger partial charge in [0.1, 0.15) is 23.0 Å². The van der Waals surface area contributed by atoms with E-state index in [2.05, 4.69) is 9.47 Å². The van der Waals surface area contributed by atoms with Crippen molar-refractivity contribution in [2.75, 3.05) is 0 Å². The molecule has 0 spiro atoms. The molecule has 0 fully saturated rings. The standard InChI is InChI=1S/C16H10ClF6NO4/c1-7-4-9(28-16(21,22)23)6-12(13(7)14(24)25)26-11-3-2-8(5-10(11)17)27-15(18,19)20/h2-6H,1H3,(H2,24,25). The molecule has 2 aromatic rings. The number of hydrogen-bond donors (Lipinski definition) is 1. The summed E-state index contributed by atoms with van der Waals surface area (Å²) in [6, 6.07) is 4.28. The molecule has 2 rings (SSSR count). The Morgan fingerprint density at radius 1 is 0.929 bits per heavy atom. The van der Waals surface area contributed by atoms with Crippen LogP contribution >= 0.6 is 11.6 Å². The molecular weight excluding hydrogens is 420 g/mol. The number of aryl methyl sites for hydroxylation is 1. The summed E-state index contributed by atoms with van der Waals surface area (Å²) in [5, 5.41) is -0.364. The third-order valence-electron chi connectivity index (χ3n) is 3.11. The smallest absolute Gasteiger partial charge is 0.455 e. The molecule has 12 heteroatoms. The van der Waals surface area contributed by atoms with Crippen molar-refractivity contribution in [2.24, 2.45) is 5.73 Å². The maximum Gasteiger partial charge on any atom is 0.573 e. The van der Waals surface area contributed by atoms with Crippen LogP contribution in [0, 0.1) is 6.92 Å². The summed E-state index contributed by atoms with van der Waals surface area (Å²) in [7, 11) is 0. The Morgan fingerprint density at radius 2 is 1.50 bits per heavy atom. The monoisotopic (exact) mass is 429 g/mol. The maximum absolute atomic E-state index is 12.5. The first-order valence-electron chi connectivity index (χ1n) is 7.18. The number of amides is 1. The van der Waals surface area contributed by atoms with Gasteiger partial charge in [0.25, 0.3) is 5.91 Å². The Hall–Kier alpha value is -2.82. The second-order valence-corrected chi connectivity index (χ2v) is 5.67. The normalized spacial score (nSPS) is 11.9. The third-order valence-corrected chi connectivity index (χ3v) is 3.41. The predicted octanol–water partition coefficient (Wildman–Crippen LogP) is 5.34. The van der Waals surface area contributed by atoms with E-state index in [4.69, 9.17) is 22.1 Å². The summed E-state index contributed by atoms with van der Waals surface area (Å²) in [4.78, 5) is 11.6. The van der Waals surface area contributed by atoms with E-state index in [9.17, 15) is 31.1 Å². The molecule has 0 unspecified atom stereocenters. The molecule has 0 saturated carbocycles. The second kappa shape index (κ2) is 7.66. The summed E-state index contributed by atoms with van der Waals surface area (Å²) in [5.74, 6) is -3.05. The van der Waals surface area contributed by atoms with Crippen LogP contribution < -0.4 is 19.9 Å². The Kier molecular flexibility index (Phi) is 5.88. The number of ether oxygens (including phenoxy) is 3. The molecule has 2 aromatic carbocycles. The molecule has 0 heterocycles. The minimum absolute atomic E-state index is 0.0115. The summed E-state index contributed by atoms with van der Waals surface area (Å²) in [6.45, 7) is 1.29. The fraction of sp³-hybridized carbons (Fsp3) is 0.188. The van der Waals surface area contributed by atoms with Gasteiger partial charge < -0.3 is 19.9 Å².